The first-order valence-electron chi connectivity index (χ1n) is 10.3. The number of hydrogen-bond acceptors (Lipinski definition) is 5. The van der Waals surface area contributed by atoms with Crippen LogP contribution in [0.25, 0.3) is 5.69 Å². The molecule has 0 spiro atoms. The van der Waals surface area contributed by atoms with Gasteiger partial charge >= 0.3 is 0 Å². The molecular formula is C24H19FN2O5. The van der Waals surface area contributed by atoms with E-state index in [2.05, 4.69) is 5.32 Å². The molecule has 2 aromatic carbocycles. The third-order valence-electron chi connectivity index (χ3n) is 5.64. The van der Waals surface area contributed by atoms with Crippen LogP contribution in [0.15, 0.2) is 53.3 Å². The summed E-state index contributed by atoms with van der Waals surface area (Å²) in [5.74, 6) is 0.0752. The molecule has 5 rings (SSSR count). The highest BCUT2D eigenvalue weighted by Crippen LogP contribution is 2.32. The predicted octanol–water partition coefficient (Wildman–Crippen LogP) is 3.15. The van der Waals surface area contributed by atoms with E-state index >= 15 is 0 Å². The van der Waals surface area contributed by atoms with E-state index in [1.165, 1.54) is 34.9 Å². The summed E-state index contributed by atoms with van der Waals surface area (Å²) >= 11 is 0. The molecule has 0 atom stereocenters. The number of ketones is 1. The maximum Gasteiger partial charge on any atom is 0.268 e. The van der Waals surface area contributed by atoms with Gasteiger partial charge in [0.15, 0.2) is 17.3 Å². The fraction of sp³-hybridized carbons (Fsp3) is 0.208. The summed E-state index contributed by atoms with van der Waals surface area (Å²) in [5, 5.41) is 2.74. The number of aromatic nitrogens is 1. The number of pyridine rings is 1. The van der Waals surface area contributed by atoms with Gasteiger partial charge < -0.3 is 14.8 Å². The van der Waals surface area contributed by atoms with Crippen molar-refractivity contribution in [2.45, 2.75) is 25.8 Å². The summed E-state index contributed by atoms with van der Waals surface area (Å²) in [6.45, 7) is 0.313. The molecule has 0 unspecified atom stereocenters. The Morgan fingerprint density at radius 3 is 2.59 bits per heavy atom. The Labute approximate surface area is 182 Å². The normalized spacial score (nSPS) is 14.2. The molecule has 32 heavy (non-hydrogen) atoms. The largest absolute Gasteiger partial charge is 0.454 e. The second-order valence-electron chi connectivity index (χ2n) is 7.68. The minimum atomic E-state index is -0.593. The minimum absolute atomic E-state index is 0.119. The number of hydrogen-bond donors (Lipinski definition) is 1. The van der Waals surface area contributed by atoms with Crippen molar-refractivity contribution in [1.82, 2.24) is 9.88 Å². The Morgan fingerprint density at radius 1 is 1.00 bits per heavy atom. The zero-order valence-electron chi connectivity index (χ0n) is 17.0. The molecule has 162 valence electrons. The van der Waals surface area contributed by atoms with Crippen molar-refractivity contribution in [3.63, 3.8) is 0 Å². The average Bonchev–Trinajstić information content (AvgIpc) is 3.26. The van der Waals surface area contributed by atoms with Crippen LogP contribution in [-0.4, -0.2) is 23.1 Å². The van der Waals surface area contributed by atoms with E-state index in [4.69, 9.17) is 9.47 Å². The fourth-order valence-corrected chi connectivity index (χ4v) is 4.05. The lowest BCUT2D eigenvalue weighted by molar-refractivity contribution is 0.0949. The predicted molar refractivity (Wildman–Crippen MR) is 113 cm³/mol. The number of Topliss-reactive ketones (excluding diaryl/α,β-unsaturated/α-hetero) is 1. The first-order chi connectivity index (χ1) is 15.5. The number of ether oxygens (including phenoxy) is 2. The van der Waals surface area contributed by atoms with Gasteiger partial charge in [-0.2, -0.15) is 0 Å². The third-order valence-corrected chi connectivity index (χ3v) is 5.64. The van der Waals surface area contributed by atoms with E-state index < -0.39 is 17.3 Å². The molecule has 0 saturated heterocycles. The van der Waals surface area contributed by atoms with Gasteiger partial charge in [-0.05, 0) is 60.9 Å². The first-order valence-corrected chi connectivity index (χ1v) is 10.3. The van der Waals surface area contributed by atoms with Crippen molar-refractivity contribution in [2.75, 3.05) is 6.79 Å². The van der Waals surface area contributed by atoms with E-state index in [-0.39, 0.29) is 24.7 Å². The summed E-state index contributed by atoms with van der Waals surface area (Å²) in [4.78, 5) is 38.8. The minimum Gasteiger partial charge on any atom is -0.454 e. The second-order valence-corrected chi connectivity index (χ2v) is 7.68. The van der Waals surface area contributed by atoms with E-state index in [1.807, 2.05) is 0 Å². The van der Waals surface area contributed by atoms with Gasteiger partial charge in [0.25, 0.3) is 11.5 Å². The van der Waals surface area contributed by atoms with Crippen molar-refractivity contribution in [3.8, 4) is 17.2 Å². The van der Waals surface area contributed by atoms with Gasteiger partial charge in [-0.3, -0.25) is 19.0 Å². The fourth-order valence-electron chi connectivity index (χ4n) is 4.05. The smallest absolute Gasteiger partial charge is 0.268 e. The van der Waals surface area contributed by atoms with Gasteiger partial charge in [-0.1, -0.05) is 6.07 Å². The van der Waals surface area contributed by atoms with Gasteiger partial charge in [0.05, 0.1) is 0 Å². The summed E-state index contributed by atoms with van der Waals surface area (Å²) in [7, 11) is 0. The first kappa shape index (κ1) is 20.0. The van der Waals surface area contributed by atoms with Gasteiger partial charge in [-0.25, -0.2) is 4.39 Å². The van der Waals surface area contributed by atoms with E-state index in [1.54, 1.807) is 18.2 Å². The molecule has 0 bridgehead atoms. The summed E-state index contributed by atoms with van der Waals surface area (Å²) in [6.07, 6.45) is 1.49. The number of nitrogens with one attached hydrogen (secondary N) is 1. The third kappa shape index (κ3) is 3.53. The lowest BCUT2D eigenvalue weighted by Crippen LogP contribution is -2.35. The van der Waals surface area contributed by atoms with Gasteiger partial charge in [0.1, 0.15) is 11.4 Å². The molecule has 1 N–H and O–H groups in total. The Balaban J connectivity index is 1.50. The van der Waals surface area contributed by atoms with Crippen LogP contribution >= 0.6 is 0 Å². The highest BCUT2D eigenvalue weighted by molar-refractivity contribution is 6.01. The van der Waals surface area contributed by atoms with Crippen molar-refractivity contribution in [1.29, 1.82) is 0 Å². The summed E-state index contributed by atoms with van der Waals surface area (Å²) < 4.78 is 25.4. The topological polar surface area (TPSA) is 86.6 Å². The van der Waals surface area contributed by atoms with Crippen molar-refractivity contribution >= 4 is 11.7 Å². The Bertz CT molecular complexity index is 1300. The van der Waals surface area contributed by atoms with Crippen LogP contribution in [0.5, 0.6) is 11.5 Å². The Kier molecular flexibility index (Phi) is 4.97. The summed E-state index contributed by atoms with van der Waals surface area (Å²) in [5.41, 5.74) is 1.40. The number of amides is 1. The maximum absolute atomic E-state index is 13.4. The van der Waals surface area contributed by atoms with Crippen LogP contribution in [0.2, 0.25) is 0 Å². The quantitative estimate of drug-likeness (QED) is 0.682. The number of nitrogens with zero attached hydrogens (tertiary/aromatic N) is 1. The van der Waals surface area contributed by atoms with Gasteiger partial charge in [0.2, 0.25) is 6.79 Å². The molecule has 0 radical (unpaired) electrons. The van der Waals surface area contributed by atoms with Crippen LogP contribution in [0.3, 0.4) is 0 Å². The van der Waals surface area contributed by atoms with Crippen LogP contribution in [-0.2, 0) is 13.0 Å². The zero-order chi connectivity index (χ0) is 22.2. The number of carbonyl (C=O) groups is 2. The van der Waals surface area contributed by atoms with Gasteiger partial charge in [0, 0.05) is 29.9 Å². The number of fused-ring (bicyclic) bond motifs is 2. The van der Waals surface area contributed by atoms with Crippen molar-refractivity contribution < 1.29 is 23.5 Å². The van der Waals surface area contributed by atoms with Crippen LogP contribution in [0.4, 0.5) is 4.39 Å². The summed E-state index contributed by atoms with van der Waals surface area (Å²) in [6, 6.07) is 12.1. The number of halogens is 1. The van der Waals surface area contributed by atoms with Crippen molar-refractivity contribution in [3.05, 3.63) is 87.1 Å². The molecule has 8 heteroatoms. The lowest BCUT2D eigenvalue weighted by Gasteiger charge is -2.21. The Morgan fingerprint density at radius 2 is 1.78 bits per heavy atom. The SMILES string of the molecule is O=C1CCCc2c1cc(C(=O)NCc1ccc3c(c1)OCO3)c(=O)n2-c1ccc(F)cc1. The number of rotatable bonds is 4. The number of benzene rings is 2. The molecule has 1 aromatic heterocycles. The molecule has 2 heterocycles. The van der Waals surface area contributed by atoms with E-state index in [0.717, 1.165) is 5.56 Å². The van der Waals surface area contributed by atoms with Gasteiger partial charge in [-0.15, -0.1) is 0 Å². The number of carbonyl (C=O) groups excluding carboxylic acids is 2. The molecular weight excluding hydrogens is 415 g/mol. The zero-order valence-corrected chi connectivity index (χ0v) is 17.0. The Hall–Kier alpha value is -3.94. The lowest BCUT2D eigenvalue weighted by atomic mass is 9.92. The molecule has 1 amide bonds. The molecule has 1 aliphatic carbocycles. The molecule has 7 nitrogen and oxygen atoms in total. The molecule has 2 aliphatic rings. The maximum atomic E-state index is 13.4. The average molecular weight is 434 g/mol. The molecule has 3 aromatic rings. The van der Waals surface area contributed by atoms with Crippen LogP contribution in [0.1, 0.15) is 44.8 Å². The highest BCUT2D eigenvalue weighted by Gasteiger charge is 2.26. The highest BCUT2D eigenvalue weighted by atomic mass is 19.1. The second kappa shape index (κ2) is 7.96. The van der Waals surface area contributed by atoms with E-state index in [9.17, 15) is 18.8 Å². The van der Waals surface area contributed by atoms with Crippen LogP contribution in [0, 0.1) is 5.82 Å². The molecule has 1 aliphatic heterocycles. The van der Waals surface area contributed by atoms with Crippen LogP contribution < -0.4 is 20.3 Å². The molecule has 0 saturated carbocycles. The standard InChI is InChI=1S/C24H19FN2O5/c25-15-5-7-16(8-6-15)27-19-2-1-3-20(28)17(19)11-18(24(27)30)23(29)26-12-14-4-9-21-22(10-14)32-13-31-21/h4-11H,1-3,12-13H2,(H,26,29). The van der Waals surface area contributed by atoms with E-state index in [0.29, 0.717) is 47.7 Å². The molecule has 0 fully saturated rings. The van der Waals surface area contributed by atoms with Crippen molar-refractivity contribution in [2.24, 2.45) is 0 Å². The monoisotopic (exact) mass is 434 g/mol.